The smallest absolute Gasteiger partial charge is 0.245 e. The van der Waals surface area contributed by atoms with Crippen LogP contribution in [-0.2, 0) is 16.0 Å². The first-order chi connectivity index (χ1) is 17.1. The molecule has 0 radical (unpaired) electrons. The zero-order valence-corrected chi connectivity index (χ0v) is 20.3. The molecule has 1 N–H and O–H groups in total. The summed E-state index contributed by atoms with van der Waals surface area (Å²) in [7, 11) is 0. The van der Waals surface area contributed by atoms with Crippen LogP contribution >= 0.6 is 0 Å². The number of aliphatic imine (C=N–C) groups is 1. The Bertz CT molecular complexity index is 1110. The van der Waals surface area contributed by atoms with Crippen molar-refractivity contribution in [3.8, 4) is 11.1 Å². The van der Waals surface area contributed by atoms with Crippen molar-refractivity contribution in [1.29, 1.82) is 0 Å². The number of carbonyl (C=O) groups is 2. The second-order valence-electron chi connectivity index (χ2n) is 9.42. The van der Waals surface area contributed by atoms with Crippen molar-refractivity contribution in [3.63, 3.8) is 0 Å². The molecule has 5 nitrogen and oxygen atoms in total. The van der Waals surface area contributed by atoms with Crippen LogP contribution in [0.15, 0.2) is 83.1 Å². The molecule has 2 aromatic rings. The predicted octanol–water partition coefficient (Wildman–Crippen LogP) is 5.86. The lowest BCUT2D eigenvalue weighted by molar-refractivity contribution is -0.118. The fourth-order valence-electron chi connectivity index (χ4n) is 4.67. The molecule has 2 aliphatic rings. The number of rotatable bonds is 9. The molecule has 0 unspecified atom stereocenters. The van der Waals surface area contributed by atoms with Gasteiger partial charge in [-0.2, -0.15) is 0 Å². The SMILES string of the molecule is O=C1C=CC(=C(O)CCCC(=O)N=C(Cc2ccc(-c3ccccc3)cc2)CN2CCCC2)CC1. The van der Waals surface area contributed by atoms with Gasteiger partial charge in [0.1, 0.15) is 0 Å². The van der Waals surface area contributed by atoms with Crippen molar-refractivity contribution in [3.05, 3.63) is 83.6 Å². The number of benzene rings is 2. The Labute approximate surface area is 207 Å². The molecule has 5 heteroatoms. The van der Waals surface area contributed by atoms with E-state index >= 15 is 0 Å². The van der Waals surface area contributed by atoms with E-state index in [-0.39, 0.29) is 17.4 Å². The van der Waals surface area contributed by atoms with Crippen molar-refractivity contribution >= 4 is 17.4 Å². The van der Waals surface area contributed by atoms with Crippen LogP contribution in [0.5, 0.6) is 0 Å². The zero-order valence-electron chi connectivity index (χ0n) is 20.3. The Morgan fingerprint density at radius 3 is 2.29 bits per heavy atom. The first-order valence-corrected chi connectivity index (χ1v) is 12.6. The van der Waals surface area contributed by atoms with Gasteiger partial charge in [0.15, 0.2) is 5.78 Å². The minimum atomic E-state index is -0.132. The summed E-state index contributed by atoms with van der Waals surface area (Å²) >= 11 is 0. The Morgan fingerprint density at radius 2 is 1.60 bits per heavy atom. The fraction of sp³-hybridized carbons (Fsp3) is 0.367. The maximum absolute atomic E-state index is 12.7. The van der Waals surface area contributed by atoms with Crippen molar-refractivity contribution in [2.45, 2.75) is 51.4 Å². The number of hydrogen-bond acceptors (Lipinski definition) is 4. The molecule has 1 aliphatic carbocycles. The number of allylic oxidation sites excluding steroid dienone is 4. The van der Waals surface area contributed by atoms with Gasteiger partial charge in [-0.25, -0.2) is 4.99 Å². The van der Waals surface area contributed by atoms with Crippen LogP contribution < -0.4 is 0 Å². The summed E-state index contributed by atoms with van der Waals surface area (Å²) in [5.74, 6) is 0.236. The molecule has 182 valence electrons. The van der Waals surface area contributed by atoms with E-state index in [1.165, 1.54) is 30.0 Å². The highest BCUT2D eigenvalue weighted by atomic mass is 16.3. The number of aliphatic hydroxyl groups is 1. The van der Waals surface area contributed by atoms with E-state index in [0.29, 0.717) is 38.5 Å². The molecule has 0 saturated carbocycles. The molecule has 0 aromatic heterocycles. The average Bonchev–Trinajstić information content (AvgIpc) is 3.38. The Morgan fingerprint density at radius 1 is 0.886 bits per heavy atom. The maximum atomic E-state index is 12.7. The third kappa shape index (κ3) is 7.59. The standard InChI is InChI=1S/C30H34N2O3/c33-28-17-15-26(16-18-28)29(34)9-6-10-30(35)31-27(22-32-19-4-5-20-32)21-23-11-13-25(14-12-23)24-7-2-1-3-8-24/h1-3,7-8,11-15,17,34H,4-6,9-10,16,18-22H2. The van der Waals surface area contributed by atoms with Gasteiger partial charge in [0, 0.05) is 37.9 Å². The molecule has 2 aromatic carbocycles. The van der Waals surface area contributed by atoms with E-state index in [9.17, 15) is 14.7 Å². The number of carbonyl (C=O) groups excluding carboxylic acids is 2. The molecule has 0 bridgehead atoms. The molecule has 1 amide bonds. The number of aliphatic hydroxyl groups excluding tert-OH is 1. The minimum absolute atomic E-state index is 0.0892. The van der Waals surface area contributed by atoms with Gasteiger partial charge >= 0.3 is 0 Å². The molecular weight excluding hydrogens is 436 g/mol. The molecule has 0 spiro atoms. The van der Waals surface area contributed by atoms with E-state index < -0.39 is 0 Å². The van der Waals surface area contributed by atoms with Gasteiger partial charge in [0.05, 0.1) is 5.76 Å². The summed E-state index contributed by atoms with van der Waals surface area (Å²) in [6, 6.07) is 18.8. The Balaban J connectivity index is 1.37. The third-order valence-electron chi connectivity index (χ3n) is 6.64. The Kier molecular flexibility index (Phi) is 8.79. The first-order valence-electron chi connectivity index (χ1n) is 12.6. The van der Waals surface area contributed by atoms with E-state index in [4.69, 9.17) is 0 Å². The number of amides is 1. The largest absolute Gasteiger partial charge is 0.512 e. The average molecular weight is 471 g/mol. The molecule has 1 aliphatic heterocycles. The van der Waals surface area contributed by atoms with Gasteiger partial charge in [0.2, 0.25) is 5.91 Å². The van der Waals surface area contributed by atoms with Crippen molar-refractivity contribution in [2.75, 3.05) is 19.6 Å². The minimum Gasteiger partial charge on any atom is -0.512 e. The zero-order chi connectivity index (χ0) is 24.5. The third-order valence-corrected chi connectivity index (χ3v) is 6.64. The molecule has 4 rings (SSSR count). The quantitative estimate of drug-likeness (QED) is 0.368. The number of likely N-dealkylation sites (tertiary alicyclic amines) is 1. The maximum Gasteiger partial charge on any atom is 0.245 e. The normalized spacial score (nSPS) is 18.2. The highest BCUT2D eigenvalue weighted by Gasteiger charge is 2.16. The van der Waals surface area contributed by atoms with Crippen molar-refractivity contribution in [2.24, 2.45) is 4.99 Å². The van der Waals surface area contributed by atoms with Gasteiger partial charge in [-0.3, -0.25) is 14.5 Å². The molecule has 1 fully saturated rings. The summed E-state index contributed by atoms with van der Waals surface area (Å²) in [6.45, 7) is 2.83. The molecule has 0 atom stereocenters. The summed E-state index contributed by atoms with van der Waals surface area (Å²) in [4.78, 5) is 30.9. The van der Waals surface area contributed by atoms with E-state index in [0.717, 1.165) is 36.5 Å². The number of nitrogens with zero attached hydrogens (tertiary/aromatic N) is 2. The molecular formula is C30H34N2O3. The summed E-state index contributed by atoms with van der Waals surface area (Å²) in [5, 5.41) is 10.3. The van der Waals surface area contributed by atoms with E-state index in [2.05, 4.69) is 46.3 Å². The summed E-state index contributed by atoms with van der Waals surface area (Å²) < 4.78 is 0. The van der Waals surface area contributed by atoms with Crippen LogP contribution in [0.2, 0.25) is 0 Å². The van der Waals surface area contributed by atoms with Crippen LogP contribution in [0, 0.1) is 0 Å². The molecule has 1 heterocycles. The topological polar surface area (TPSA) is 70.0 Å². The highest BCUT2D eigenvalue weighted by molar-refractivity contribution is 5.98. The second-order valence-corrected chi connectivity index (χ2v) is 9.42. The molecule has 1 saturated heterocycles. The lowest BCUT2D eigenvalue weighted by atomic mass is 9.98. The fourth-order valence-corrected chi connectivity index (χ4v) is 4.67. The second kappa shape index (κ2) is 12.4. The van der Waals surface area contributed by atoms with Gasteiger partial charge in [-0.15, -0.1) is 0 Å². The van der Waals surface area contributed by atoms with Gasteiger partial charge in [-0.1, -0.05) is 60.7 Å². The summed E-state index contributed by atoms with van der Waals surface area (Å²) in [5.41, 5.74) is 5.22. The predicted molar refractivity (Wildman–Crippen MR) is 141 cm³/mol. The van der Waals surface area contributed by atoms with Gasteiger partial charge < -0.3 is 5.11 Å². The first kappa shape index (κ1) is 24.8. The van der Waals surface area contributed by atoms with Crippen LogP contribution in [-0.4, -0.2) is 47.0 Å². The van der Waals surface area contributed by atoms with Crippen molar-refractivity contribution in [1.82, 2.24) is 4.90 Å². The lowest BCUT2D eigenvalue weighted by Crippen LogP contribution is -2.28. The monoisotopic (exact) mass is 470 g/mol. The lowest BCUT2D eigenvalue weighted by Gasteiger charge is -2.16. The highest BCUT2D eigenvalue weighted by Crippen LogP contribution is 2.21. The van der Waals surface area contributed by atoms with Crippen LogP contribution in [0.25, 0.3) is 11.1 Å². The van der Waals surface area contributed by atoms with E-state index in [1.807, 2.05) is 18.2 Å². The number of ketones is 1. The van der Waals surface area contributed by atoms with Crippen LogP contribution in [0.3, 0.4) is 0 Å². The van der Waals surface area contributed by atoms with Gasteiger partial charge in [0.25, 0.3) is 0 Å². The van der Waals surface area contributed by atoms with Crippen LogP contribution in [0.4, 0.5) is 0 Å². The van der Waals surface area contributed by atoms with Crippen LogP contribution in [0.1, 0.15) is 50.5 Å². The van der Waals surface area contributed by atoms with Gasteiger partial charge in [-0.05, 0) is 67.1 Å². The van der Waals surface area contributed by atoms with Crippen molar-refractivity contribution < 1.29 is 14.7 Å². The number of hydrogen-bond donors (Lipinski definition) is 1. The summed E-state index contributed by atoms with van der Waals surface area (Å²) in [6.07, 6.45) is 8.53. The Hall–Kier alpha value is -3.31. The molecule has 35 heavy (non-hydrogen) atoms. The van der Waals surface area contributed by atoms with E-state index in [1.54, 1.807) is 6.08 Å².